The van der Waals surface area contributed by atoms with Crippen LogP contribution in [0.1, 0.15) is 23.2 Å². The van der Waals surface area contributed by atoms with Gasteiger partial charge in [0.15, 0.2) is 0 Å². The van der Waals surface area contributed by atoms with Crippen LogP contribution >= 0.6 is 23.2 Å². The van der Waals surface area contributed by atoms with Crippen molar-refractivity contribution in [3.63, 3.8) is 0 Å². The number of halogens is 2. The minimum Gasteiger partial charge on any atom is -0.369 e. The molecule has 2 aliphatic rings. The maximum atomic E-state index is 12.4. The van der Waals surface area contributed by atoms with Gasteiger partial charge in [0.1, 0.15) is 0 Å². The van der Waals surface area contributed by atoms with Crippen molar-refractivity contribution in [2.45, 2.75) is 18.9 Å². The minimum absolute atomic E-state index is 0.238. The molecule has 1 aliphatic carbocycles. The largest absolute Gasteiger partial charge is 0.369 e. The molecule has 1 N–H and O–H groups in total. The van der Waals surface area contributed by atoms with E-state index in [1.54, 1.807) is 18.2 Å². The first-order chi connectivity index (χ1) is 12.6. The third kappa shape index (κ3) is 3.98. The SMILES string of the molecule is O=C(Nc1ccc(N2CCN(C3CC3)CC2)cc1)c1ccc(Cl)cc1Cl. The topological polar surface area (TPSA) is 35.6 Å². The Morgan fingerprint density at radius 1 is 0.962 bits per heavy atom. The molecular weight excluding hydrogens is 369 g/mol. The van der Waals surface area contributed by atoms with Crippen LogP contribution in [0, 0.1) is 0 Å². The van der Waals surface area contributed by atoms with Crippen LogP contribution in [-0.4, -0.2) is 43.0 Å². The molecule has 0 aromatic heterocycles. The second kappa shape index (κ2) is 7.47. The summed E-state index contributed by atoms with van der Waals surface area (Å²) in [6, 6.07) is 13.7. The molecular formula is C20H21Cl2N3O. The number of carbonyl (C=O) groups is 1. The van der Waals surface area contributed by atoms with Crippen LogP contribution in [0.4, 0.5) is 11.4 Å². The van der Waals surface area contributed by atoms with Crippen LogP contribution in [0.3, 0.4) is 0 Å². The molecule has 136 valence electrons. The van der Waals surface area contributed by atoms with Crippen molar-refractivity contribution in [1.29, 1.82) is 0 Å². The van der Waals surface area contributed by atoms with Gasteiger partial charge in [0.2, 0.25) is 0 Å². The lowest BCUT2D eigenvalue weighted by Gasteiger charge is -2.36. The molecule has 26 heavy (non-hydrogen) atoms. The smallest absolute Gasteiger partial charge is 0.257 e. The number of nitrogens with one attached hydrogen (secondary N) is 1. The molecule has 0 atom stereocenters. The first-order valence-electron chi connectivity index (χ1n) is 8.95. The highest BCUT2D eigenvalue weighted by Gasteiger charge is 2.31. The lowest BCUT2D eigenvalue weighted by molar-refractivity contribution is 0.102. The summed E-state index contributed by atoms with van der Waals surface area (Å²) >= 11 is 12.0. The number of anilines is 2. The predicted octanol–water partition coefficient (Wildman–Crippen LogP) is 4.53. The predicted molar refractivity (Wildman–Crippen MR) is 108 cm³/mol. The third-order valence-corrected chi connectivity index (χ3v) is 5.59. The normalized spacial score (nSPS) is 18.0. The Kier molecular flexibility index (Phi) is 5.07. The fourth-order valence-corrected chi connectivity index (χ4v) is 3.91. The number of amides is 1. The maximum absolute atomic E-state index is 12.4. The molecule has 1 heterocycles. The Hall–Kier alpha value is -1.75. The van der Waals surface area contributed by atoms with Crippen molar-refractivity contribution in [3.05, 3.63) is 58.1 Å². The number of piperazine rings is 1. The molecule has 1 saturated carbocycles. The van der Waals surface area contributed by atoms with E-state index in [9.17, 15) is 4.79 Å². The van der Waals surface area contributed by atoms with Gasteiger partial charge in [0.25, 0.3) is 5.91 Å². The number of hydrogen-bond acceptors (Lipinski definition) is 3. The van der Waals surface area contributed by atoms with Gasteiger partial charge in [-0.05, 0) is 55.3 Å². The Morgan fingerprint density at radius 3 is 2.27 bits per heavy atom. The molecule has 6 heteroatoms. The Bertz CT molecular complexity index is 797. The van der Waals surface area contributed by atoms with E-state index in [4.69, 9.17) is 23.2 Å². The quantitative estimate of drug-likeness (QED) is 0.833. The molecule has 2 aromatic rings. The number of nitrogens with zero attached hydrogens (tertiary/aromatic N) is 2. The van der Waals surface area contributed by atoms with Crippen molar-refractivity contribution < 1.29 is 4.79 Å². The van der Waals surface area contributed by atoms with E-state index in [2.05, 4.69) is 27.2 Å². The first-order valence-corrected chi connectivity index (χ1v) is 9.71. The first kappa shape index (κ1) is 17.7. The van der Waals surface area contributed by atoms with Crippen LogP contribution in [0.2, 0.25) is 10.0 Å². The summed E-state index contributed by atoms with van der Waals surface area (Å²) in [6.45, 7) is 4.39. The summed E-state index contributed by atoms with van der Waals surface area (Å²) in [5.41, 5.74) is 2.36. The average molecular weight is 390 g/mol. The molecule has 4 rings (SSSR count). The minimum atomic E-state index is -0.238. The van der Waals surface area contributed by atoms with Crippen LogP contribution in [0.5, 0.6) is 0 Å². The maximum Gasteiger partial charge on any atom is 0.257 e. The van der Waals surface area contributed by atoms with E-state index in [1.165, 1.54) is 18.5 Å². The van der Waals surface area contributed by atoms with Crippen molar-refractivity contribution in [3.8, 4) is 0 Å². The molecule has 0 radical (unpaired) electrons. The van der Waals surface area contributed by atoms with Crippen LogP contribution < -0.4 is 10.2 Å². The van der Waals surface area contributed by atoms with Gasteiger partial charge < -0.3 is 10.2 Å². The number of carbonyl (C=O) groups excluding carboxylic acids is 1. The number of benzene rings is 2. The van der Waals surface area contributed by atoms with Gasteiger partial charge in [-0.1, -0.05) is 23.2 Å². The molecule has 1 aliphatic heterocycles. The van der Waals surface area contributed by atoms with Gasteiger partial charge in [-0.15, -0.1) is 0 Å². The molecule has 2 fully saturated rings. The highest BCUT2D eigenvalue weighted by molar-refractivity contribution is 6.37. The van der Waals surface area contributed by atoms with Gasteiger partial charge >= 0.3 is 0 Å². The average Bonchev–Trinajstić information content (AvgIpc) is 3.47. The second-order valence-electron chi connectivity index (χ2n) is 6.88. The molecule has 1 saturated heterocycles. The van der Waals surface area contributed by atoms with Crippen LogP contribution in [0.25, 0.3) is 0 Å². The zero-order valence-corrected chi connectivity index (χ0v) is 15.9. The van der Waals surface area contributed by atoms with E-state index >= 15 is 0 Å². The van der Waals surface area contributed by atoms with Gasteiger partial charge in [-0.2, -0.15) is 0 Å². The van der Waals surface area contributed by atoms with E-state index in [1.807, 2.05) is 12.1 Å². The van der Waals surface area contributed by atoms with Gasteiger partial charge in [-0.3, -0.25) is 9.69 Å². The molecule has 1 amide bonds. The Labute approximate surface area is 163 Å². The lowest BCUT2D eigenvalue weighted by atomic mass is 10.2. The van der Waals surface area contributed by atoms with Gasteiger partial charge in [0.05, 0.1) is 10.6 Å². The second-order valence-corrected chi connectivity index (χ2v) is 7.72. The fourth-order valence-electron chi connectivity index (χ4n) is 3.41. The molecule has 0 bridgehead atoms. The molecule has 0 spiro atoms. The summed E-state index contributed by atoms with van der Waals surface area (Å²) in [7, 11) is 0. The molecule has 2 aromatic carbocycles. The van der Waals surface area contributed by atoms with Crippen LogP contribution in [-0.2, 0) is 0 Å². The summed E-state index contributed by atoms with van der Waals surface area (Å²) in [4.78, 5) is 17.4. The molecule has 4 nitrogen and oxygen atoms in total. The highest BCUT2D eigenvalue weighted by Crippen LogP contribution is 2.29. The monoisotopic (exact) mass is 389 g/mol. The standard InChI is InChI=1S/C20H21Cl2N3O/c21-14-1-8-18(19(22)13-14)20(26)23-15-2-4-16(5-3-15)24-9-11-25(12-10-24)17-6-7-17/h1-5,8,13,17H,6-7,9-12H2,(H,23,26). The zero-order valence-electron chi connectivity index (χ0n) is 14.4. The molecule has 0 unspecified atom stereocenters. The third-order valence-electron chi connectivity index (χ3n) is 5.04. The fraction of sp³-hybridized carbons (Fsp3) is 0.350. The van der Waals surface area contributed by atoms with Crippen molar-refractivity contribution in [2.24, 2.45) is 0 Å². The Morgan fingerprint density at radius 2 is 1.65 bits per heavy atom. The van der Waals surface area contributed by atoms with E-state index < -0.39 is 0 Å². The van der Waals surface area contributed by atoms with E-state index in [-0.39, 0.29) is 5.91 Å². The van der Waals surface area contributed by atoms with Crippen molar-refractivity contribution >= 4 is 40.5 Å². The number of rotatable bonds is 4. The van der Waals surface area contributed by atoms with Crippen LogP contribution in [0.15, 0.2) is 42.5 Å². The zero-order chi connectivity index (χ0) is 18.1. The van der Waals surface area contributed by atoms with E-state index in [0.29, 0.717) is 15.6 Å². The van der Waals surface area contributed by atoms with E-state index in [0.717, 1.165) is 37.9 Å². The summed E-state index contributed by atoms with van der Waals surface area (Å²) in [6.07, 6.45) is 2.73. The van der Waals surface area contributed by atoms with Crippen molar-refractivity contribution in [1.82, 2.24) is 4.90 Å². The van der Waals surface area contributed by atoms with Gasteiger partial charge in [-0.25, -0.2) is 0 Å². The van der Waals surface area contributed by atoms with Gasteiger partial charge in [0, 0.05) is 48.6 Å². The summed E-state index contributed by atoms with van der Waals surface area (Å²) < 4.78 is 0. The Balaban J connectivity index is 1.37. The lowest BCUT2D eigenvalue weighted by Crippen LogP contribution is -2.47. The summed E-state index contributed by atoms with van der Waals surface area (Å²) in [5.74, 6) is -0.238. The van der Waals surface area contributed by atoms with Crippen molar-refractivity contribution in [2.75, 3.05) is 36.4 Å². The summed E-state index contributed by atoms with van der Waals surface area (Å²) in [5, 5.41) is 3.74. The highest BCUT2D eigenvalue weighted by atomic mass is 35.5. The number of hydrogen-bond donors (Lipinski definition) is 1.